The summed E-state index contributed by atoms with van der Waals surface area (Å²) in [5, 5.41) is 9.59. The largest absolute Gasteiger partial charge is 0.493 e. The Morgan fingerprint density at radius 3 is 2.67 bits per heavy atom. The van der Waals surface area contributed by atoms with Gasteiger partial charge in [0.1, 0.15) is 0 Å². The molecule has 0 aromatic heterocycles. The summed E-state index contributed by atoms with van der Waals surface area (Å²) in [4.78, 5) is 2.55. The Balaban J connectivity index is 1.63. The normalized spacial score (nSPS) is 26.0. The molecule has 2 aliphatic rings. The molecule has 0 bridgehead atoms. The van der Waals surface area contributed by atoms with Crippen molar-refractivity contribution in [3.63, 3.8) is 0 Å². The van der Waals surface area contributed by atoms with Crippen LogP contribution in [0.3, 0.4) is 0 Å². The summed E-state index contributed by atoms with van der Waals surface area (Å²) in [6.07, 6.45) is 1.02. The molecule has 0 spiro atoms. The van der Waals surface area contributed by atoms with Crippen molar-refractivity contribution in [1.29, 1.82) is 0 Å². The number of rotatable bonds is 4. The van der Waals surface area contributed by atoms with Gasteiger partial charge in [0.15, 0.2) is 17.8 Å². The van der Waals surface area contributed by atoms with Crippen LogP contribution in [0.2, 0.25) is 0 Å². The van der Waals surface area contributed by atoms with Crippen molar-refractivity contribution >= 4 is 0 Å². The molecule has 5 heteroatoms. The molecule has 1 saturated heterocycles. The third kappa shape index (κ3) is 3.55. The molecule has 2 aromatic carbocycles. The Morgan fingerprint density at radius 1 is 1.19 bits per heavy atom. The monoisotopic (exact) mass is 368 g/mol. The number of piperidine rings is 1. The van der Waals surface area contributed by atoms with Crippen LogP contribution < -0.4 is 15.2 Å². The van der Waals surface area contributed by atoms with E-state index >= 15 is 0 Å². The minimum Gasteiger partial charge on any atom is -0.493 e. The van der Waals surface area contributed by atoms with Gasteiger partial charge in [-0.15, -0.1) is 0 Å². The van der Waals surface area contributed by atoms with Crippen molar-refractivity contribution in [3.05, 3.63) is 59.2 Å². The number of fused-ring (bicyclic) bond motifs is 3. The van der Waals surface area contributed by atoms with Crippen LogP contribution in [0.1, 0.15) is 42.0 Å². The van der Waals surface area contributed by atoms with Gasteiger partial charge in [0.2, 0.25) is 0 Å². The van der Waals surface area contributed by atoms with Gasteiger partial charge in [0, 0.05) is 31.1 Å². The summed E-state index contributed by atoms with van der Waals surface area (Å²) in [7, 11) is 1.63. The lowest BCUT2D eigenvalue weighted by atomic mass is 9.78. The zero-order chi connectivity index (χ0) is 19.0. The topological polar surface area (TPSA) is 68.0 Å². The maximum atomic E-state index is 9.59. The highest BCUT2D eigenvalue weighted by Gasteiger charge is 2.38. The van der Waals surface area contributed by atoms with Crippen molar-refractivity contribution in [2.24, 2.45) is 5.73 Å². The number of benzene rings is 2. The van der Waals surface area contributed by atoms with Crippen LogP contribution in [0.15, 0.2) is 42.5 Å². The molecule has 3 N–H and O–H groups in total. The summed E-state index contributed by atoms with van der Waals surface area (Å²) in [5.41, 5.74) is 10.5. The van der Waals surface area contributed by atoms with Gasteiger partial charge in [-0.05, 0) is 48.6 Å². The predicted molar refractivity (Wildman–Crippen MR) is 105 cm³/mol. The fourth-order valence-electron chi connectivity index (χ4n) is 4.55. The van der Waals surface area contributed by atoms with Crippen LogP contribution in [0, 0.1) is 0 Å². The Bertz CT molecular complexity index is 794. The molecule has 2 heterocycles. The van der Waals surface area contributed by atoms with Crippen molar-refractivity contribution in [2.45, 2.75) is 44.1 Å². The fraction of sp³-hybridized carbons (Fsp3) is 0.455. The van der Waals surface area contributed by atoms with E-state index in [0.29, 0.717) is 23.5 Å². The standard InChI is InChI=1S/C22H28N2O3/c1-14(25)27-22-10-16-8-9-24-13-18(15-6-4-3-5-7-15)19(23)12-20(24)17(16)11-21(22)26-2/h3-7,10-11,14,18-20,25H,8-9,12-13,23H2,1-2H3/t14-,18+,19?,20-/m1/s1. The van der Waals surface area contributed by atoms with Gasteiger partial charge >= 0.3 is 0 Å². The molecule has 0 aliphatic carbocycles. The lowest BCUT2D eigenvalue weighted by Crippen LogP contribution is -2.49. The van der Waals surface area contributed by atoms with Crippen molar-refractivity contribution < 1.29 is 14.6 Å². The minimum atomic E-state index is -0.869. The average molecular weight is 368 g/mol. The second-order valence-electron chi connectivity index (χ2n) is 7.60. The smallest absolute Gasteiger partial charge is 0.194 e. The Labute approximate surface area is 160 Å². The molecule has 4 atom stereocenters. The zero-order valence-electron chi connectivity index (χ0n) is 16.0. The van der Waals surface area contributed by atoms with Gasteiger partial charge in [0.05, 0.1) is 7.11 Å². The highest BCUT2D eigenvalue weighted by atomic mass is 16.6. The first-order valence-corrected chi connectivity index (χ1v) is 9.67. The quantitative estimate of drug-likeness (QED) is 0.813. The predicted octanol–water partition coefficient (Wildman–Crippen LogP) is 2.83. The van der Waals surface area contributed by atoms with E-state index in [4.69, 9.17) is 15.2 Å². The molecule has 4 rings (SSSR count). The molecule has 2 aliphatic heterocycles. The summed E-state index contributed by atoms with van der Waals surface area (Å²) in [6, 6.07) is 15.1. The lowest BCUT2D eigenvalue weighted by molar-refractivity contribution is -0.00225. The lowest BCUT2D eigenvalue weighted by Gasteiger charge is -2.46. The van der Waals surface area contributed by atoms with E-state index in [1.54, 1.807) is 14.0 Å². The molecule has 0 amide bonds. The first-order chi connectivity index (χ1) is 13.1. The maximum absolute atomic E-state index is 9.59. The molecule has 1 unspecified atom stereocenters. The molecule has 0 saturated carbocycles. The van der Waals surface area contributed by atoms with E-state index < -0.39 is 6.29 Å². The van der Waals surface area contributed by atoms with E-state index in [1.807, 2.05) is 6.07 Å². The van der Waals surface area contributed by atoms with E-state index in [0.717, 1.165) is 25.9 Å². The molecule has 27 heavy (non-hydrogen) atoms. The number of hydrogen-bond acceptors (Lipinski definition) is 5. The van der Waals surface area contributed by atoms with Gasteiger partial charge in [0.25, 0.3) is 0 Å². The van der Waals surface area contributed by atoms with Gasteiger partial charge in [-0.1, -0.05) is 30.3 Å². The summed E-state index contributed by atoms with van der Waals surface area (Å²) in [5.74, 6) is 1.63. The van der Waals surface area contributed by atoms with E-state index in [-0.39, 0.29) is 6.04 Å². The van der Waals surface area contributed by atoms with Crippen molar-refractivity contribution in [2.75, 3.05) is 20.2 Å². The molecular weight excluding hydrogens is 340 g/mol. The maximum Gasteiger partial charge on any atom is 0.194 e. The zero-order valence-corrected chi connectivity index (χ0v) is 16.0. The number of hydrogen-bond donors (Lipinski definition) is 2. The summed E-state index contributed by atoms with van der Waals surface area (Å²) < 4.78 is 11.1. The van der Waals surface area contributed by atoms with Crippen LogP contribution in [0.5, 0.6) is 11.5 Å². The summed E-state index contributed by atoms with van der Waals surface area (Å²) in [6.45, 7) is 3.59. The van der Waals surface area contributed by atoms with E-state index in [9.17, 15) is 5.11 Å². The van der Waals surface area contributed by atoms with Gasteiger partial charge in [-0.25, -0.2) is 0 Å². The van der Waals surface area contributed by atoms with E-state index in [2.05, 4.69) is 41.3 Å². The van der Waals surface area contributed by atoms with Gasteiger partial charge in [-0.3, -0.25) is 4.90 Å². The minimum absolute atomic E-state index is 0.124. The molecule has 144 valence electrons. The van der Waals surface area contributed by atoms with Crippen molar-refractivity contribution in [3.8, 4) is 11.5 Å². The average Bonchev–Trinajstić information content (AvgIpc) is 2.67. The molecule has 1 fully saturated rings. The number of ether oxygens (including phenoxy) is 2. The number of nitrogens with two attached hydrogens (primary N) is 1. The van der Waals surface area contributed by atoms with Crippen LogP contribution in [0.4, 0.5) is 0 Å². The second-order valence-corrected chi connectivity index (χ2v) is 7.60. The van der Waals surface area contributed by atoms with Crippen LogP contribution in [0.25, 0.3) is 0 Å². The molecular formula is C22H28N2O3. The highest BCUT2D eigenvalue weighted by Crippen LogP contribution is 2.44. The van der Waals surface area contributed by atoms with Gasteiger partial charge in [-0.2, -0.15) is 0 Å². The Kier molecular flexibility index (Phi) is 5.08. The first kappa shape index (κ1) is 18.3. The Hall–Kier alpha value is -2.08. The molecule has 0 radical (unpaired) electrons. The first-order valence-electron chi connectivity index (χ1n) is 9.67. The fourth-order valence-corrected chi connectivity index (χ4v) is 4.55. The van der Waals surface area contributed by atoms with Crippen molar-refractivity contribution in [1.82, 2.24) is 4.90 Å². The summed E-state index contributed by atoms with van der Waals surface area (Å²) >= 11 is 0. The van der Waals surface area contributed by atoms with Crippen LogP contribution in [-0.2, 0) is 6.42 Å². The van der Waals surface area contributed by atoms with Crippen LogP contribution in [-0.4, -0.2) is 42.5 Å². The van der Waals surface area contributed by atoms with E-state index in [1.165, 1.54) is 16.7 Å². The second kappa shape index (κ2) is 7.50. The third-order valence-corrected chi connectivity index (χ3v) is 5.86. The number of nitrogens with zero attached hydrogens (tertiary/aromatic N) is 1. The molecule has 2 aromatic rings. The Morgan fingerprint density at radius 2 is 1.96 bits per heavy atom. The van der Waals surface area contributed by atoms with Gasteiger partial charge < -0.3 is 20.3 Å². The molecule has 5 nitrogen and oxygen atoms in total. The SMILES string of the molecule is COc1cc2c(cc1O[C@H](C)O)CCN1C[C@@H](c3ccccc3)C(N)C[C@H]21. The number of aliphatic hydroxyl groups excluding tert-OH is 1. The number of methoxy groups -OCH3 is 1. The van der Waals surface area contributed by atoms with Crippen LogP contribution >= 0.6 is 0 Å². The third-order valence-electron chi connectivity index (χ3n) is 5.86. The number of aliphatic hydroxyl groups is 1. The highest BCUT2D eigenvalue weighted by molar-refractivity contribution is 5.50.